The molecule has 0 aromatic carbocycles. The predicted molar refractivity (Wildman–Crippen MR) is 60.8 cm³/mol. The molecular formula is C10H14Cl2N2. The molecule has 1 aromatic rings. The molecule has 4 heteroatoms. The van der Waals surface area contributed by atoms with Gasteiger partial charge in [-0.15, -0.1) is 12.4 Å². The van der Waals surface area contributed by atoms with Gasteiger partial charge in [-0.3, -0.25) is 0 Å². The molecule has 1 aliphatic carbocycles. The van der Waals surface area contributed by atoms with E-state index in [1.165, 1.54) is 12.8 Å². The van der Waals surface area contributed by atoms with Crippen LogP contribution in [0.15, 0.2) is 18.3 Å². The molecule has 0 spiro atoms. The SMILES string of the molecule is Cl.N[C@@H](CC1CC1)c1cccnc1Cl. The highest BCUT2D eigenvalue weighted by Crippen LogP contribution is 2.37. The highest BCUT2D eigenvalue weighted by molar-refractivity contribution is 6.30. The maximum Gasteiger partial charge on any atom is 0.133 e. The number of hydrogen-bond acceptors (Lipinski definition) is 2. The van der Waals surface area contributed by atoms with Gasteiger partial charge in [-0.2, -0.15) is 0 Å². The molecule has 1 atom stereocenters. The summed E-state index contributed by atoms with van der Waals surface area (Å²) >= 11 is 5.93. The third-order valence-corrected chi connectivity index (χ3v) is 2.79. The molecule has 2 N–H and O–H groups in total. The minimum atomic E-state index is 0. The number of pyridine rings is 1. The minimum absolute atomic E-state index is 0. The summed E-state index contributed by atoms with van der Waals surface area (Å²) in [4.78, 5) is 4.01. The molecule has 0 saturated heterocycles. The van der Waals surface area contributed by atoms with Gasteiger partial charge < -0.3 is 5.73 Å². The van der Waals surface area contributed by atoms with Crippen LogP contribution in [0.25, 0.3) is 0 Å². The van der Waals surface area contributed by atoms with Crippen molar-refractivity contribution in [2.24, 2.45) is 11.7 Å². The van der Waals surface area contributed by atoms with Crippen molar-refractivity contribution >= 4 is 24.0 Å². The molecule has 0 radical (unpaired) electrons. The second kappa shape index (κ2) is 4.96. The molecule has 78 valence electrons. The van der Waals surface area contributed by atoms with E-state index in [1.54, 1.807) is 6.20 Å². The average molecular weight is 233 g/mol. The lowest BCUT2D eigenvalue weighted by Gasteiger charge is -2.11. The number of nitrogens with two attached hydrogens (primary N) is 1. The molecule has 1 fully saturated rings. The molecule has 2 nitrogen and oxygen atoms in total. The van der Waals surface area contributed by atoms with E-state index >= 15 is 0 Å². The van der Waals surface area contributed by atoms with Crippen LogP contribution < -0.4 is 5.73 Å². The first-order chi connectivity index (χ1) is 6.27. The second-order valence-electron chi connectivity index (χ2n) is 3.67. The lowest BCUT2D eigenvalue weighted by atomic mass is 10.0. The van der Waals surface area contributed by atoms with E-state index in [0.29, 0.717) is 5.15 Å². The average Bonchev–Trinajstić information content (AvgIpc) is 2.89. The number of halogens is 2. The van der Waals surface area contributed by atoms with Gasteiger partial charge in [0.25, 0.3) is 0 Å². The summed E-state index contributed by atoms with van der Waals surface area (Å²) in [7, 11) is 0. The summed E-state index contributed by atoms with van der Waals surface area (Å²) in [5.74, 6) is 0.825. The Morgan fingerprint density at radius 3 is 2.86 bits per heavy atom. The van der Waals surface area contributed by atoms with Crippen molar-refractivity contribution in [3.05, 3.63) is 29.0 Å². The van der Waals surface area contributed by atoms with Gasteiger partial charge in [0.2, 0.25) is 0 Å². The zero-order valence-electron chi connectivity index (χ0n) is 7.82. The van der Waals surface area contributed by atoms with Crippen LogP contribution in [0, 0.1) is 5.92 Å². The highest BCUT2D eigenvalue weighted by Gasteiger charge is 2.25. The maximum atomic E-state index is 6.01. The van der Waals surface area contributed by atoms with E-state index in [2.05, 4.69) is 4.98 Å². The zero-order valence-corrected chi connectivity index (χ0v) is 9.39. The molecular weight excluding hydrogens is 219 g/mol. The minimum Gasteiger partial charge on any atom is -0.324 e. The van der Waals surface area contributed by atoms with Crippen LogP contribution in [0.3, 0.4) is 0 Å². The van der Waals surface area contributed by atoms with E-state index < -0.39 is 0 Å². The Morgan fingerprint density at radius 2 is 2.29 bits per heavy atom. The van der Waals surface area contributed by atoms with Gasteiger partial charge in [0, 0.05) is 17.8 Å². The summed E-state index contributed by atoms with van der Waals surface area (Å²) in [5.41, 5.74) is 6.99. The van der Waals surface area contributed by atoms with Gasteiger partial charge in [0.1, 0.15) is 5.15 Å². The molecule has 0 aliphatic heterocycles. The van der Waals surface area contributed by atoms with Crippen LogP contribution in [0.1, 0.15) is 30.9 Å². The van der Waals surface area contributed by atoms with E-state index in [1.807, 2.05) is 12.1 Å². The zero-order chi connectivity index (χ0) is 9.26. The fourth-order valence-corrected chi connectivity index (χ4v) is 1.77. The Morgan fingerprint density at radius 1 is 1.57 bits per heavy atom. The standard InChI is InChI=1S/C10H13ClN2.ClH/c11-10-8(2-1-5-13-10)9(12)6-7-3-4-7;/h1-2,5,7,9H,3-4,6,12H2;1H/t9-;/m0./s1. The van der Waals surface area contributed by atoms with Crippen molar-refractivity contribution < 1.29 is 0 Å². The first-order valence-electron chi connectivity index (χ1n) is 4.63. The number of rotatable bonds is 3. The Hall–Kier alpha value is -0.310. The normalized spacial score (nSPS) is 17.3. The van der Waals surface area contributed by atoms with Gasteiger partial charge in [-0.1, -0.05) is 30.5 Å². The van der Waals surface area contributed by atoms with Crippen molar-refractivity contribution in [1.29, 1.82) is 0 Å². The third-order valence-electron chi connectivity index (χ3n) is 2.47. The largest absolute Gasteiger partial charge is 0.324 e. The lowest BCUT2D eigenvalue weighted by molar-refractivity contribution is 0.595. The van der Waals surface area contributed by atoms with Crippen LogP contribution in [-0.2, 0) is 0 Å². The molecule has 1 heterocycles. The molecule has 0 bridgehead atoms. The molecule has 1 aromatic heterocycles. The fraction of sp³-hybridized carbons (Fsp3) is 0.500. The molecule has 0 unspecified atom stereocenters. The Labute approximate surface area is 95.3 Å². The molecule has 14 heavy (non-hydrogen) atoms. The molecule has 0 amide bonds. The van der Waals surface area contributed by atoms with Crippen molar-refractivity contribution in [1.82, 2.24) is 4.98 Å². The summed E-state index contributed by atoms with van der Waals surface area (Å²) in [6, 6.07) is 3.91. The fourth-order valence-electron chi connectivity index (χ4n) is 1.51. The van der Waals surface area contributed by atoms with E-state index in [-0.39, 0.29) is 18.4 Å². The van der Waals surface area contributed by atoms with Crippen LogP contribution in [0.2, 0.25) is 5.15 Å². The first kappa shape index (κ1) is 11.8. The Balaban J connectivity index is 0.000000980. The highest BCUT2D eigenvalue weighted by atomic mass is 35.5. The number of aromatic nitrogens is 1. The summed E-state index contributed by atoms with van der Waals surface area (Å²) in [6.07, 6.45) is 5.39. The van der Waals surface area contributed by atoms with Crippen molar-refractivity contribution in [2.45, 2.75) is 25.3 Å². The lowest BCUT2D eigenvalue weighted by Crippen LogP contribution is -2.11. The van der Waals surface area contributed by atoms with Gasteiger partial charge in [-0.25, -0.2) is 4.98 Å². The van der Waals surface area contributed by atoms with E-state index in [0.717, 1.165) is 17.9 Å². The van der Waals surface area contributed by atoms with Crippen LogP contribution in [-0.4, -0.2) is 4.98 Å². The van der Waals surface area contributed by atoms with Crippen LogP contribution >= 0.6 is 24.0 Å². The van der Waals surface area contributed by atoms with E-state index in [9.17, 15) is 0 Å². The van der Waals surface area contributed by atoms with Gasteiger partial charge in [0.15, 0.2) is 0 Å². The van der Waals surface area contributed by atoms with Crippen molar-refractivity contribution in [2.75, 3.05) is 0 Å². The maximum absolute atomic E-state index is 6.01. The summed E-state index contributed by atoms with van der Waals surface area (Å²) < 4.78 is 0. The van der Waals surface area contributed by atoms with Crippen LogP contribution in [0.4, 0.5) is 0 Å². The van der Waals surface area contributed by atoms with Gasteiger partial charge in [0.05, 0.1) is 0 Å². The monoisotopic (exact) mass is 232 g/mol. The second-order valence-corrected chi connectivity index (χ2v) is 4.03. The van der Waals surface area contributed by atoms with Gasteiger partial charge >= 0.3 is 0 Å². The summed E-state index contributed by atoms with van der Waals surface area (Å²) in [6.45, 7) is 0. The first-order valence-corrected chi connectivity index (χ1v) is 5.01. The van der Waals surface area contributed by atoms with E-state index in [4.69, 9.17) is 17.3 Å². The Bertz CT molecular complexity index is 300. The quantitative estimate of drug-likeness (QED) is 0.815. The van der Waals surface area contributed by atoms with Crippen molar-refractivity contribution in [3.63, 3.8) is 0 Å². The van der Waals surface area contributed by atoms with Gasteiger partial charge in [-0.05, 0) is 18.4 Å². The topological polar surface area (TPSA) is 38.9 Å². The number of hydrogen-bond donors (Lipinski definition) is 1. The molecule has 1 aliphatic rings. The third kappa shape index (κ3) is 2.84. The predicted octanol–water partition coefficient (Wildman–Crippen LogP) is 2.96. The van der Waals surface area contributed by atoms with Crippen LogP contribution in [0.5, 0.6) is 0 Å². The smallest absolute Gasteiger partial charge is 0.133 e. The molecule has 2 rings (SSSR count). The van der Waals surface area contributed by atoms with Crippen molar-refractivity contribution in [3.8, 4) is 0 Å². The number of nitrogens with zero attached hydrogens (tertiary/aromatic N) is 1. The summed E-state index contributed by atoms with van der Waals surface area (Å²) in [5, 5.41) is 0.552. The Kier molecular flexibility index (Phi) is 4.17. The molecule has 1 saturated carbocycles.